The third-order valence-corrected chi connectivity index (χ3v) is 5.91. The summed E-state index contributed by atoms with van der Waals surface area (Å²) in [5.41, 5.74) is 0.404. The van der Waals surface area contributed by atoms with E-state index >= 15 is 0 Å². The first-order chi connectivity index (χ1) is 15.1. The number of piperazine rings is 1. The Morgan fingerprint density at radius 3 is 2.23 bits per heavy atom. The molecular weight excluding hydrogens is 398 g/mol. The molecule has 1 aromatic rings. The number of aromatic nitrogens is 1. The number of aliphatic hydroxyl groups excluding tert-OH is 1. The van der Waals surface area contributed by atoms with Crippen LogP contribution in [-0.2, 0) is 11.3 Å². The van der Waals surface area contributed by atoms with E-state index in [-0.39, 0.29) is 12.0 Å². The number of morpholine rings is 1. The lowest BCUT2D eigenvalue weighted by atomic mass is 10.2. The molecule has 31 heavy (non-hydrogen) atoms. The maximum Gasteiger partial charge on any atom is 0.275 e. The van der Waals surface area contributed by atoms with Crippen LogP contribution in [0, 0.1) is 0 Å². The van der Waals surface area contributed by atoms with Crippen molar-refractivity contribution in [2.24, 2.45) is 0 Å². The topological polar surface area (TPSA) is 85.5 Å². The van der Waals surface area contributed by atoms with Crippen LogP contribution in [0.4, 0.5) is 0 Å². The average Bonchev–Trinajstić information content (AvgIpc) is 3.23. The molecule has 2 fully saturated rings. The Bertz CT molecular complexity index is 650. The van der Waals surface area contributed by atoms with E-state index in [1.165, 1.54) is 6.26 Å². The van der Waals surface area contributed by atoms with Crippen molar-refractivity contribution in [1.82, 2.24) is 24.6 Å². The first-order valence-electron chi connectivity index (χ1n) is 11.8. The number of ether oxygens (including phenoxy) is 1. The van der Waals surface area contributed by atoms with Crippen molar-refractivity contribution in [3.05, 3.63) is 17.8 Å². The average molecular weight is 438 g/mol. The second-order valence-corrected chi connectivity index (χ2v) is 8.56. The summed E-state index contributed by atoms with van der Waals surface area (Å²) in [6.07, 6.45) is 3.02. The van der Waals surface area contributed by atoms with Crippen LogP contribution >= 0.6 is 0 Å². The molecule has 1 amide bonds. The van der Waals surface area contributed by atoms with Gasteiger partial charge in [0.1, 0.15) is 6.26 Å². The number of nitrogens with zero attached hydrogens (tertiary/aromatic N) is 5. The standard InChI is InChI=1S/C22H39N5O4/c1-3-5-27(6-4-2)22(29)20-18-31-21(23-20)17-25-9-7-24(8-10-25)15-19(28)16-26-11-13-30-14-12-26/h18-19,28H,3-17H2,1-2H3/t19-/m1/s1. The lowest BCUT2D eigenvalue weighted by Crippen LogP contribution is -2.50. The first kappa shape index (κ1) is 24.1. The minimum atomic E-state index is -0.334. The van der Waals surface area contributed by atoms with E-state index in [4.69, 9.17) is 9.15 Å². The molecule has 9 nitrogen and oxygen atoms in total. The maximum absolute atomic E-state index is 12.7. The number of β-amino-alcohol motifs (C(OH)–C–C–N with tert-alkyl or cyclic N) is 1. The van der Waals surface area contributed by atoms with Crippen LogP contribution in [0.3, 0.4) is 0 Å². The molecule has 3 rings (SSSR count). The minimum absolute atomic E-state index is 0.0437. The van der Waals surface area contributed by atoms with Crippen LogP contribution in [0.2, 0.25) is 0 Å². The van der Waals surface area contributed by atoms with Crippen molar-refractivity contribution in [2.45, 2.75) is 39.3 Å². The van der Waals surface area contributed by atoms with Gasteiger partial charge >= 0.3 is 0 Å². The molecule has 2 saturated heterocycles. The molecule has 1 N–H and O–H groups in total. The smallest absolute Gasteiger partial charge is 0.275 e. The lowest BCUT2D eigenvalue weighted by molar-refractivity contribution is 0.00187. The van der Waals surface area contributed by atoms with Gasteiger partial charge in [-0.3, -0.25) is 19.5 Å². The molecule has 0 radical (unpaired) electrons. The lowest BCUT2D eigenvalue weighted by Gasteiger charge is -2.36. The Labute approximate surface area is 185 Å². The molecule has 2 aliphatic heterocycles. The van der Waals surface area contributed by atoms with Crippen molar-refractivity contribution in [3.8, 4) is 0 Å². The summed E-state index contributed by atoms with van der Waals surface area (Å²) in [4.78, 5) is 25.9. The normalized spacial score (nSPS) is 20.1. The third kappa shape index (κ3) is 7.54. The summed E-state index contributed by atoms with van der Waals surface area (Å²) >= 11 is 0. The number of hydrogen-bond acceptors (Lipinski definition) is 8. The number of rotatable bonds is 11. The largest absolute Gasteiger partial charge is 0.447 e. The van der Waals surface area contributed by atoms with E-state index in [0.29, 0.717) is 31.2 Å². The molecule has 0 aromatic carbocycles. The van der Waals surface area contributed by atoms with E-state index in [2.05, 4.69) is 33.5 Å². The highest BCUT2D eigenvalue weighted by molar-refractivity contribution is 5.91. The fourth-order valence-electron chi connectivity index (χ4n) is 4.26. The van der Waals surface area contributed by atoms with Gasteiger partial charge in [-0.2, -0.15) is 0 Å². The van der Waals surface area contributed by atoms with E-state index in [1.54, 1.807) is 0 Å². The van der Waals surface area contributed by atoms with Gasteiger partial charge < -0.3 is 19.2 Å². The van der Waals surface area contributed by atoms with Gasteiger partial charge in [-0.05, 0) is 12.8 Å². The van der Waals surface area contributed by atoms with Gasteiger partial charge in [-0.15, -0.1) is 0 Å². The van der Waals surface area contributed by atoms with Crippen molar-refractivity contribution in [1.29, 1.82) is 0 Å². The number of carbonyl (C=O) groups is 1. The molecule has 1 aromatic heterocycles. The highest BCUT2D eigenvalue weighted by Gasteiger charge is 2.23. The van der Waals surface area contributed by atoms with E-state index in [9.17, 15) is 9.90 Å². The van der Waals surface area contributed by atoms with Crippen LogP contribution < -0.4 is 0 Å². The van der Waals surface area contributed by atoms with E-state index in [0.717, 1.165) is 78.4 Å². The van der Waals surface area contributed by atoms with Crippen LogP contribution in [-0.4, -0.2) is 120 Å². The van der Waals surface area contributed by atoms with Crippen LogP contribution in [0.25, 0.3) is 0 Å². The highest BCUT2D eigenvalue weighted by Crippen LogP contribution is 2.12. The molecule has 0 saturated carbocycles. The van der Waals surface area contributed by atoms with Crippen molar-refractivity contribution < 1.29 is 19.1 Å². The second kappa shape index (κ2) is 12.5. The second-order valence-electron chi connectivity index (χ2n) is 8.56. The minimum Gasteiger partial charge on any atom is -0.447 e. The molecule has 0 bridgehead atoms. The molecule has 2 aliphatic rings. The Balaban J connectivity index is 1.40. The van der Waals surface area contributed by atoms with Gasteiger partial charge in [0, 0.05) is 65.4 Å². The van der Waals surface area contributed by atoms with Crippen LogP contribution in [0.15, 0.2) is 10.7 Å². The van der Waals surface area contributed by atoms with E-state index < -0.39 is 0 Å². The fraction of sp³-hybridized carbons (Fsp3) is 0.818. The third-order valence-electron chi connectivity index (χ3n) is 5.91. The number of carbonyl (C=O) groups excluding carboxylic acids is 1. The number of oxazole rings is 1. The molecular formula is C22H39N5O4. The van der Waals surface area contributed by atoms with Crippen LogP contribution in [0.5, 0.6) is 0 Å². The molecule has 3 heterocycles. The van der Waals surface area contributed by atoms with Crippen molar-refractivity contribution in [3.63, 3.8) is 0 Å². The van der Waals surface area contributed by atoms with Gasteiger partial charge in [-0.25, -0.2) is 4.98 Å². The monoisotopic (exact) mass is 437 g/mol. The zero-order valence-electron chi connectivity index (χ0n) is 19.2. The van der Waals surface area contributed by atoms with Crippen LogP contribution in [0.1, 0.15) is 43.1 Å². The molecule has 0 aliphatic carbocycles. The van der Waals surface area contributed by atoms with E-state index in [1.807, 2.05) is 4.90 Å². The summed E-state index contributed by atoms with van der Waals surface area (Å²) in [5.74, 6) is 0.551. The Hall–Kier alpha value is -1.52. The Morgan fingerprint density at radius 1 is 1.03 bits per heavy atom. The molecule has 176 valence electrons. The molecule has 1 atom stereocenters. The molecule has 0 spiro atoms. The van der Waals surface area contributed by atoms with Gasteiger partial charge in [0.2, 0.25) is 5.89 Å². The van der Waals surface area contributed by atoms with Gasteiger partial charge in [0.15, 0.2) is 5.69 Å². The highest BCUT2D eigenvalue weighted by atomic mass is 16.5. The fourth-order valence-corrected chi connectivity index (χ4v) is 4.26. The number of amides is 1. The van der Waals surface area contributed by atoms with Crippen molar-refractivity contribution >= 4 is 5.91 Å². The SMILES string of the molecule is CCCN(CCC)C(=O)c1coc(CN2CCN(C[C@@H](O)CN3CCOCC3)CC2)n1. The van der Waals surface area contributed by atoms with Gasteiger partial charge in [0.05, 0.1) is 25.9 Å². The quantitative estimate of drug-likeness (QED) is 0.543. The summed E-state index contributed by atoms with van der Waals surface area (Å²) in [6, 6.07) is 0. The summed E-state index contributed by atoms with van der Waals surface area (Å²) < 4.78 is 11.0. The number of hydrogen-bond donors (Lipinski definition) is 1. The van der Waals surface area contributed by atoms with Crippen molar-refractivity contribution in [2.75, 3.05) is 78.7 Å². The zero-order valence-corrected chi connectivity index (χ0v) is 19.2. The first-order valence-corrected chi connectivity index (χ1v) is 11.8. The maximum atomic E-state index is 12.7. The van der Waals surface area contributed by atoms with Gasteiger partial charge in [-0.1, -0.05) is 13.8 Å². The molecule has 0 unspecified atom stereocenters. The Kier molecular flexibility index (Phi) is 9.73. The summed E-state index contributed by atoms with van der Waals surface area (Å²) in [7, 11) is 0. The Morgan fingerprint density at radius 2 is 1.61 bits per heavy atom. The van der Waals surface area contributed by atoms with Gasteiger partial charge in [0.25, 0.3) is 5.91 Å². The predicted molar refractivity (Wildman–Crippen MR) is 118 cm³/mol. The number of aliphatic hydroxyl groups is 1. The zero-order chi connectivity index (χ0) is 22.1. The summed E-state index contributed by atoms with van der Waals surface area (Å²) in [6.45, 7) is 14.6. The predicted octanol–water partition coefficient (Wildman–Crippen LogP) is 0.748. The summed E-state index contributed by atoms with van der Waals surface area (Å²) in [5, 5.41) is 10.4. The molecule has 9 heteroatoms.